The van der Waals surface area contributed by atoms with Gasteiger partial charge in [-0.15, -0.1) is 23.5 Å². The minimum atomic E-state index is -0.252. The molecule has 26 heavy (non-hydrogen) atoms. The minimum Gasteiger partial charge on any atom is -0.493 e. The van der Waals surface area contributed by atoms with Gasteiger partial charge >= 0.3 is 0 Å². The van der Waals surface area contributed by atoms with Gasteiger partial charge in [0.1, 0.15) is 0 Å². The summed E-state index contributed by atoms with van der Waals surface area (Å²) in [6.45, 7) is 1.81. The third kappa shape index (κ3) is 4.81. The molecule has 7 heteroatoms. The zero-order chi connectivity index (χ0) is 18.5. The highest BCUT2D eigenvalue weighted by atomic mass is 35.5. The third-order valence-corrected chi connectivity index (χ3v) is 7.41. The second-order valence-electron chi connectivity index (χ2n) is 5.78. The first-order valence-corrected chi connectivity index (χ1v) is 10.6. The van der Waals surface area contributed by atoms with E-state index in [1.807, 2.05) is 60.8 Å². The van der Waals surface area contributed by atoms with Gasteiger partial charge < -0.3 is 14.8 Å². The Balaban J connectivity index is 1.61. The van der Waals surface area contributed by atoms with Gasteiger partial charge in [0.25, 0.3) is 5.91 Å². The van der Waals surface area contributed by atoms with E-state index >= 15 is 0 Å². The molecule has 1 fully saturated rings. The summed E-state index contributed by atoms with van der Waals surface area (Å²) in [5, 5.41) is 3.39. The number of halogens is 1. The van der Waals surface area contributed by atoms with Gasteiger partial charge in [-0.1, -0.05) is 23.7 Å². The topological polar surface area (TPSA) is 47.6 Å². The summed E-state index contributed by atoms with van der Waals surface area (Å²) >= 11 is 9.94. The summed E-state index contributed by atoms with van der Waals surface area (Å²) in [7, 11) is 1.61. The number of carbonyl (C=O) groups excluding carboxylic acids is 1. The molecule has 0 spiro atoms. The minimum absolute atomic E-state index is 0.103. The molecule has 0 aliphatic carbocycles. The molecular weight excluding hydrogens is 390 g/mol. The van der Waals surface area contributed by atoms with Crippen molar-refractivity contribution in [1.82, 2.24) is 0 Å². The molecule has 3 rings (SSSR count). The fourth-order valence-electron chi connectivity index (χ4n) is 2.51. The van der Waals surface area contributed by atoms with Crippen molar-refractivity contribution >= 4 is 46.7 Å². The lowest BCUT2D eigenvalue weighted by Gasteiger charge is -2.14. The van der Waals surface area contributed by atoms with E-state index in [1.54, 1.807) is 13.2 Å². The van der Waals surface area contributed by atoms with Crippen molar-refractivity contribution in [2.24, 2.45) is 0 Å². The first-order valence-electron chi connectivity index (χ1n) is 8.17. The van der Waals surface area contributed by atoms with Crippen LogP contribution in [0.15, 0.2) is 36.4 Å². The SMILES string of the molecule is COc1cc(C2SCCS2)ccc1OCC(=O)Nc1ccc(C)c(Cl)c1. The van der Waals surface area contributed by atoms with Crippen LogP contribution in [0.4, 0.5) is 5.69 Å². The number of ether oxygens (including phenoxy) is 2. The Hall–Kier alpha value is -1.50. The lowest BCUT2D eigenvalue weighted by atomic mass is 10.2. The number of thioether (sulfide) groups is 2. The van der Waals surface area contributed by atoms with Gasteiger partial charge in [-0.2, -0.15) is 0 Å². The summed E-state index contributed by atoms with van der Waals surface area (Å²) in [6.07, 6.45) is 0. The average Bonchev–Trinajstić information content (AvgIpc) is 3.17. The van der Waals surface area contributed by atoms with Gasteiger partial charge in [-0.3, -0.25) is 4.79 Å². The van der Waals surface area contributed by atoms with Crippen molar-refractivity contribution in [2.45, 2.75) is 11.5 Å². The third-order valence-electron chi connectivity index (χ3n) is 3.90. The van der Waals surface area contributed by atoms with Crippen molar-refractivity contribution in [1.29, 1.82) is 0 Å². The van der Waals surface area contributed by atoms with E-state index < -0.39 is 0 Å². The molecule has 0 atom stereocenters. The number of hydrogen-bond acceptors (Lipinski definition) is 5. The number of amides is 1. The highest BCUT2D eigenvalue weighted by Crippen LogP contribution is 2.46. The highest BCUT2D eigenvalue weighted by Gasteiger charge is 2.20. The molecule has 0 bridgehead atoms. The first-order chi connectivity index (χ1) is 12.6. The molecule has 0 aromatic heterocycles. The number of benzene rings is 2. The summed E-state index contributed by atoms with van der Waals surface area (Å²) in [4.78, 5) is 12.1. The van der Waals surface area contributed by atoms with E-state index in [2.05, 4.69) is 5.32 Å². The number of hydrogen-bond donors (Lipinski definition) is 1. The van der Waals surface area contributed by atoms with Crippen molar-refractivity contribution in [3.05, 3.63) is 52.5 Å². The fourth-order valence-corrected chi connectivity index (χ4v) is 5.53. The van der Waals surface area contributed by atoms with E-state index in [-0.39, 0.29) is 12.5 Å². The number of anilines is 1. The maximum Gasteiger partial charge on any atom is 0.262 e. The molecule has 0 unspecified atom stereocenters. The number of carbonyl (C=O) groups is 1. The van der Waals surface area contributed by atoms with Crippen LogP contribution >= 0.6 is 35.1 Å². The van der Waals surface area contributed by atoms with E-state index in [9.17, 15) is 4.79 Å². The second-order valence-corrected chi connectivity index (χ2v) is 8.92. The number of rotatable bonds is 6. The zero-order valence-electron chi connectivity index (χ0n) is 14.6. The Morgan fingerprint density at radius 1 is 1.19 bits per heavy atom. The van der Waals surface area contributed by atoms with Gasteiger partial charge in [-0.05, 0) is 42.3 Å². The summed E-state index contributed by atoms with van der Waals surface area (Å²) in [6, 6.07) is 11.3. The zero-order valence-corrected chi connectivity index (χ0v) is 17.0. The van der Waals surface area contributed by atoms with Crippen LogP contribution in [0.5, 0.6) is 11.5 Å². The molecule has 2 aromatic rings. The van der Waals surface area contributed by atoms with E-state index in [0.717, 1.165) is 5.56 Å². The van der Waals surface area contributed by atoms with Crippen LogP contribution in [0.1, 0.15) is 15.7 Å². The summed E-state index contributed by atoms with van der Waals surface area (Å²) < 4.78 is 11.5. The van der Waals surface area contributed by atoms with Crippen LogP contribution in [-0.2, 0) is 4.79 Å². The van der Waals surface area contributed by atoms with E-state index in [4.69, 9.17) is 21.1 Å². The largest absolute Gasteiger partial charge is 0.493 e. The molecule has 138 valence electrons. The van der Waals surface area contributed by atoms with Gasteiger partial charge in [0, 0.05) is 22.2 Å². The second kappa shape index (κ2) is 8.93. The van der Waals surface area contributed by atoms with Crippen LogP contribution in [-0.4, -0.2) is 31.1 Å². The Labute approximate surface area is 167 Å². The monoisotopic (exact) mass is 409 g/mol. The smallest absolute Gasteiger partial charge is 0.262 e. The lowest BCUT2D eigenvalue weighted by molar-refractivity contribution is -0.118. The maximum atomic E-state index is 12.1. The quantitative estimate of drug-likeness (QED) is 0.714. The van der Waals surface area contributed by atoms with Crippen LogP contribution in [0.25, 0.3) is 0 Å². The lowest BCUT2D eigenvalue weighted by Crippen LogP contribution is -2.20. The molecule has 0 radical (unpaired) electrons. The molecule has 1 amide bonds. The van der Waals surface area contributed by atoms with Crippen molar-refractivity contribution in [2.75, 3.05) is 30.5 Å². The predicted molar refractivity (Wildman–Crippen MR) is 111 cm³/mol. The van der Waals surface area contributed by atoms with Gasteiger partial charge in [0.05, 0.1) is 11.7 Å². The van der Waals surface area contributed by atoms with Gasteiger partial charge in [0.15, 0.2) is 18.1 Å². The molecule has 1 N–H and O–H groups in total. The van der Waals surface area contributed by atoms with E-state index in [0.29, 0.717) is 26.8 Å². The standard InChI is InChI=1S/C19H20ClNO3S2/c1-12-3-5-14(10-15(12)20)21-18(22)11-24-16-6-4-13(9-17(16)23-2)19-25-7-8-26-19/h3-6,9-10,19H,7-8,11H2,1-2H3,(H,21,22). The molecule has 1 heterocycles. The molecule has 1 aliphatic rings. The Morgan fingerprint density at radius 2 is 1.96 bits per heavy atom. The van der Waals surface area contributed by atoms with Crippen LogP contribution in [0.2, 0.25) is 5.02 Å². The van der Waals surface area contributed by atoms with Crippen molar-refractivity contribution in [3.8, 4) is 11.5 Å². The van der Waals surface area contributed by atoms with Crippen LogP contribution in [0, 0.1) is 6.92 Å². The molecule has 1 aliphatic heterocycles. The van der Waals surface area contributed by atoms with Gasteiger partial charge in [-0.25, -0.2) is 0 Å². The molecule has 2 aromatic carbocycles. The van der Waals surface area contributed by atoms with Crippen LogP contribution < -0.4 is 14.8 Å². The fraction of sp³-hybridized carbons (Fsp3) is 0.316. The van der Waals surface area contributed by atoms with E-state index in [1.165, 1.54) is 17.1 Å². The summed E-state index contributed by atoms with van der Waals surface area (Å²) in [5.74, 6) is 3.28. The Bertz CT molecular complexity index is 794. The molecule has 1 saturated heterocycles. The number of aryl methyl sites for hydroxylation is 1. The van der Waals surface area contributed by atoms with Crippen molar-refractivity contribution < 1.29 is 14.3 Å². The Morgan fingerprint density at radius 3 is 2.65 bits per heavy atom. The molecular formula is C19H20ClNO3S2. The van der Waals surface area contributed by atoms with Crippen LogP contribution in [0.3, 0.4) is 0 Å². The van der Waals surface area contributed by atoms with Crippen molar-refractivity contribution in [3.63, 3.8) is 0 Å². The maximum absolute atomic E-state index is 12.1. The normalized spacial score (nSPS) is 14.3. The molecule has 4 nitrogen and oxygen atoms in total. The first kappa shape index (κ1) is 19.3. The predicted octanol–water partition coefficient (Wildman–Crippen LogP) is 5.15. The number of nitrogens with one attached hydrogen (secondary N) is 1. The average molecular weight is 410 g/mol. The highest BCUT2D eigenvalue weighted by molar-refractivity contribution is 8.19. The number of methoxy groups -OCH3 is 1. The summed E-state index contributed by atoms with van der Waals surface area (Å²) in [5.41, 5.74) is 2.82. The van der Waals surface area contributed by atoms with Gasteiger partial charge in [0.2, 0.25) is 0 Å². The molecule has 0 saturated carbocycles. The Kier molecular flexibility index (Phi) is 6.62.